The molecule has 2 amide bonds. The van der Waals surface area contributed by atoms with E-state index < -0.39 is 5.97 Å². The zero-order chi connectivity index (χ0) is 14.8. The van der Waals surface area contributed by atoms with Crippen LogP contribution in [0, 0.1) is 0 Å². The van der Waals surface area contributed by atoms with Crippen LogP contribution in [0.25, 0.3) is 0 Å². The molecule has 8 heteroatoms. The maximum atomic E-state index is 11.6. The lowest BCUT2D eigenvalue weighted by Crippen LogP contribution is -2.43. The summed E-state index contributed by atoms with van der Waals surface area (Å²) in [5.41, 5.74) is 0. The number of rotatable bonds is 9. The molecule has 1 unspecified atom stereocenters. The van der Waals surface area contributed by atoms with Gasteiger partial charge in [0.25, 0.3) is 0 Å². The average molecular weight is 283 g/mol. The molecule has 0 fully saturated rings. The third-order valence-electron chi connectivity index (χ3n) is 2.71. The van der Waals surface area contributed by atoms with Gasteiger partial charge in [-0.1, -0.05) is 18.6 Å². The molecule has 8 nitrogen and oxygen atoms in total. The number of aliphatic carboxylic acids is 1. The summed E-state index contributed by atoms with van der Waals surface area (Å²) in [6.07, 6.45) is 5.50. The van der Waals surface area contributed by atoms with Crippen LogP contribution in [-0.4, -0.2) is 44.7 Å². The molecule has 0 aromatic carbocycles. The normalized spacial score (nSPS) is 11.8. The van der Waals surface area contributed by atoms with Crippen molar-refractivity contribution in [3.8, 4) is 0 Å². The Hall–Kier alpha value is -2.12. The van der Waals surface area contributed by atoms with Crippen LogP contribution in [0.4, 0.5) is 4.79 Å². The van der Waals surface area contributed by atoms with E-state index >= 15 is 0 Å². The Morgan fingerprint density at radius 3 is 2.85 bits per heavy atom. The maximum Gasteiger partial charge on any atom is 0.315 e. The van der Waals surface area contributed by atoms with Gasteiger partial charge in [0.2, 0.25) is 0 Å². The molecule has 0 aliphatic heterocycles. The number of aryl methyl sites for hydroxylation is 1. The first kappa shape index (κ1) is 15.9. The zero-order valence-corrected chi connectivity index (χ0v) is 11.6. The molecule has 1 heterocycles. The van der Waals surface area contributed by atoms with Crippen molar-refractivity contribution in [2.24, 2.45) is 0 Å². The van der Waals surface area contributed by atoms with Gasteiger partial charge < -0.3 is 15.7 Å². The summed E-state index contributed by atoms with van der Waals surface area (Å²) in [6.45, 7) is 3.12. The molecule has 3 N–H and O–H groups in total. The molecule has 0 saturated heterocycles. The lowest BCUT2D eigenvalue weighted by molar-refractivity contribution is -0.137. The fraction of sp³-hybridized carbons (Fsp3) is 0.667. The number of carbonyl (C=O) groups excluding carboxylic acids is 1. The zero-order valence-electron chi connectivity index (χ0n) is 11.6. The highest BCUT2D eigenvalue weighted by Gasteiger charge is 2.14. The van der Waals surface area contributed by atoms with E-state index in [1.54, 1.807) is 17.1 Å². The van der Waals surface area contributed by atoms with E-state index in [-0.39, 0.29) is 18.5 Å². The number of nitrogens with zero attached hydrogens (tertiary/aromatic N) is 3. The molecule has 1 aromatic rings. The van der Waals surface area contributed by atoms with Gasteiger partial charge in [-0.3, -0.25) is 9.48 Å². The first-order valence-electron chi connectivity index (χ1n) is 6.72. The van der Waals surface area contributed by atoms with Crippen molar-refractivity contribution in [1.82, 2.24) is 25.6 Å². The fourth-order valence-corrected chi connectivity index (χ4v) is 1.82. The minimum atomic E-state index is -0.907. The predicted molar refractivity (Wildman–Crippen MR) is 72.1 cm³/mol. The molecule has 1 atom stereocenters. The number of carboxylic acids is 1. The molecule has 0 spiro atoms. The number of amides is 2. The standard InChI is InChI=1S/C12H21N5O3/c1-2-4-10(9-11(18)19)15-12(20)13-5-3-7-17-8-6-14-16-17/h6,8,10H,2-5,7,9H2,1H3,(H,18,19)(H2,13,15,20). The molecular weight excluding hydrogens is 262 g/mol. The minimum Gasteiger partial charge on any atom is -0.481 e. The van der Waals surface area contributed by atoms with Crippen molar-refractivity contribution in [3.05, 3.63) is 12.4 Å². The van der Waals surface area contributed by atoms with Crippen molar-refractivity contribution in [3.63, 3.8) is 0 Å². The Balaban J connectivity index is 2.18. The monoisotopic (exact) mass is 283 g/mol. The van der Waals surface area contributed by atoms with Gasteiger partial charge in [-0.2, -0.15) is 0 Å². The number of carboxylic acid groups (broad SMARTS) is 1. The van der Waals surface area contributed by atoms with Crippen LogP contribution in [0.5, 0.6) is 0 Å². The van der Waals surface area contributed by atoms with Gasteiger partial charge in [-0.15, -0.1) is 5.10 Å². The molecule has 0 radical (unpaired) electrons. The first-order valence-corrected chi connectivity index (χ1v) is 6.72. The Morgan fingerprint density at radius 2 is 2.25 bits per heavy atom. The number of aromatic nitrogens is 3. The van der Waals surface area contributed by atoms with E-state index in [1.165, 1.54) is 0 Å². The second kappa shape index (κ2) is 8.89. The van der Waals surface area contributed by atoms with Gasteiger partial charge in [0.15, 0.2) is 0 Å². The predicted octanol–water partition coefficient (Wildman–Crippen LogP) is 0.611. The van der Waals surface area contributed by atoms with Gasteiger partial charge in [-0.05, 0) is 12.8 Å². The topological polar surface area (TPSA) is 109 Å². The van der Waals surface area contributed by atoms with E-state index in [0.29, 0.717) is 19.5 Å². The highest BCUT2D eigenvalue weighted by Crippen LogP contribution is 2.01. The number of hydrogen-bond donors (Lipinski definition) is 3. The van der Waals surface area contributed by atoms with Crippen LogP contribution in [-0.2, 0) is 11.3 Å². The summed E-state index contributed by atoms with van der Waals surface area (Å²) in [4.78, 5) is 22.3. The summed E-state index contributed by atoms with van der Waals surface area (Å²) >= 11 is 0. The van der Waals surface area contributed by atoms with Gasteiger partial charge in [0, 0.05) is 25.3 Å². The molecule has 0 saturated carbocycles. The van der Waals surface area contributed by atoms with Gasteiger partial charge >= 0.3 is 12.0 Å². The van der Waals surface area contributed by atoms with Crippen LogP contribution in [0.2, 0.25) is 0 Å². The number of carbonyl (C=O) groups is 2. The average Bonchev–Trinajstić information content (AvgIpc) is 2.87. The van der Waals surface area contributed by atoms with Crippen molar-refractivity contribution in [2.45, 2.75) is 45.2 Å². The summed E-state index contributed by atoms with van der Waals surface area (Å²) < 4.78 is 1.68. The summed E-state index contributed by atoms with van der Waals surface area (Å²) in [7, 11) is 0. The largest absolute Gasteiger partial charge is 0.481 e. The van der Waals surface area contributed by atoms with E-state index in [0.717, 1.165) is 12.8 Å². The van der Waals surface area contributed by atoms with Gasteiger partial charge in [0.1, 0.15) is 0 Å². The van der Waals surface area contributed by atoms with E-state index in [4.69, 9.17) is 5.11 Å². The Morgan fingerprint density at radius 1 is 1.45 bits per heavy atom. The van der Waals surface area contributed by atoms with Crippen molar-refractivity contribution >= 4 is 12.0 Å². The smallest absolute Gasteiger partial charge is 0.315 e. The van der Waals surface area contributed by atoms with Gasteiger partial charge in [0.05, 0.1) is 12.6 Å². The fourth-order valence-electron chi connectivity index (χ4n) is 1.82. The highest BCUT2D eigenvalue weighted by atomic mass is 16.4. The molecule has 112 valence electrons. The third-order valence-corrected chi connectivity index (χ3v) is 2.71. The van der Waals surface area contributed by atoms with Crippen molar-refractivity contribution < 1.29 is 14.7 Å². The maximum absolute atomic E-state index is 11.6. The minimum absolute atomic E-state index is 0.0553. The molecule has 1 rings (SSSR count). The van der Waals surface area contributed by atoms with Gasteiger partial charge in [-0.25, -0.2) is 4.79 Å². The van der Waals surface area contributed by atoms with E-state index in [1.807, 2.05) is 6.92 Å². The molecule has 0 aliphatic carbocycles. The lowest BCUT2D eigenvalue weighted by Gasteiger charge is -2.16. The van der Waals surface area contributed by atoms with Crippen LogP contribution < -0.4 is 10.6 Å². The number of hydrogen-bond acceptors (Lipinski definition) is 4. The summed E-state index contributed by atoms with van der Waals surface area (Å²) in [6, 6.07) is -0.656. The van der Waals surface area contributed by atoms with E-state index in [9.17, 15) is 9.59 Å². The van der Waals surface area contributed by atoms with Crippen molar-refractivity contribution in [1.29, 1.82) is 0 Å². The summed E-state index contributed by atoms with van der Waals surface area (Å²) in [5, 5.41) is 21.6. The molecule has 0 aliphatic rings. The van der Waals surface area contributed by atoms with Crippen molar-refractivity contribution in [2.75, 3.05) is 6.54 Å². The highest BCUT2D eigenvalue weighted by molar-refractivity contribution is 5.75. The molecule has 0 bridgehead atoms. The van der Waals surface area contributed by atoms with Crippen LogP contribution in [0.15, 0.2) is 12.4 Å². The Kier molecular flexibility index (Phi) is 7.08. The van der Waals surface area contributed by atoms with Crippen LogP contribution >= 0.6 is 0 Å². The first-order chi connectivity index (χ1) is 9.61. The molecule has 20 heavy (non-hydrogen) atoms. The van der Waals surface area contributed by atoms with Crippen LogP contribution in [0.3, 0.4) is 0 Å². The molecular formula is C12H21N5O3. The number of nitrogens with one attached hydrogen (secondary N) is 2. The second-order valence-electron chi connectivity index (χ2n) is 4.50. The summed E-state index contributed by atoms with van der Waals surface area (Å²) in [5.74, 6) is -0.907. The third kappa shape index (κ3) is 6.72. The second-order valence-corrected chi connectivity index (χ2v) is 4.50. The SMILES string of the molecule is CCCC(CC(=O)O)NC(=O)NCCCn1ccnn1. The lowest BCUT2D eigenvalue weighted by atomic mass is 10.1. The Bertz CT molecular complexity index is 407. The quantitative estimate of drug-likeness (QED) is 0.575. The van der Waals surface area contributed by atoms with E-state index in [2.05, 4.69) is 20.9 Å². The molecule has 1 aromatic heterocycles. The number of urea groups is 1. The van der Waals surface area contributed by atoms with Crippen LogP contribution in [0.1, 0.15) is 32.6 Å². The Labute approximate surface area is 117 Å².